The van der Waals surface area contributed by atoms with Crippen LogP contribution in [0.3, 0.4) is 0 Å². The maximum atomic E-state index is 11.1. The number of nitro groups is 1. The summed E-state index contributed by atoms with van der Waals surface area (Å²) < 4.78 is 0. The van der Waals surface area contributed by atoms with Crippen molar-refractivity contribution < 1.29 is 4.92 Å². The van der Waals surface area contributed by atoms with Gasteiger partial charge >= 0.3 is 0 Å². The van der Waals surface area contributed by atoms with Crippen molar-refractivity contribution >= 4 is 17.3 Å². The molecule has 4 nitrogen and oxygen atoms in total. The first kappa shape index (κ1) is 15.5. The molecule has 21 heavy (non-hydrogen) atoms. The lowest BCUT2D eigenvalue weighted by Crippen LogP contribution is -2.23. The fourth-order valence-corrected chi connectivity index (χ4v) is 2.56. The van der Waals surface area contributed by atoms with Crippen molar-refractivity contribution in [3.63, 3.8) is 0 Å². The average molecular weight is 305 g/mol. The van der Waals surface area contributed by atoms with Crippen molar-refractivity contribution in [2.75, 3.05) is 0 Å². The molecule has 1 unspecified atom stereocenters. The quantitative estimate of drug-likeness (QED) is 0.645. The van der Waals surface area contributed by atoms with Crippen LogP contribution in [0.2, 0.25) is 5.02 Å². The molecule has 0 saturated carbocycles. The Kier molecular flexibility index (Phi) is 4.94. The van der Waals surface area contributed by atoms with E-state index in [9.17, 15) is 10.1 Å². The maximum absolute atomic E-state index is 11.1. The van der Waals surface area contributed by atoms with E-state index < -0.39 is 0 Å². The zero-order valence-electron chi connectivity index (χ0n) is 11.9. The van der Waals surface area contributed by atoms with Crippen LogP contribution < -0.4 is 5.32 Å². The van der Waals surface area contributed by atoms with Crippen molar-refractivity contribution in [3.05, 3.63) is 74.8 Å². The summed E-state index contributed by atoms with van der Waals surface area (Å²) in [5.41, 5.74) is 1.86. The van der Waals surface area contributed by atoms with E-state index >= 15 is 0 Å². The summed E-state index contributed by atoms with van der Waals surface area (Å²) in [6, 6.07) is 14.3. The molecule has 0 radical (unpaired) electrons. The van der Waals surface area contributed by atoms with Gasteiger partial charge in [0.1, 0.15) is 0 Å². The van der Waals surface area contributed by atoms with Gasteiger partial charge in [-0.25, -0.2) is 0 Å². The maximum Gasteiger partial charge on any atom is 0.274 e. The van der Waals surface area contributed by atoms with Crippen LogP contribution in [0.15, 0.2) is 48.5 Å². The topological polar surface area (TPSA) is 55.2 Å². The molecule has 110 valence electrons. The van der Waals surface area contributed by atoms with Crippen LogP contribution in [-0.4, -0.2) is 4.92 Å². The molecule has 0 aliphatic carbocycles. The highest BCUT2D eigenvalue weighted by atomic mass is 35.5. The second-order valence-electron chi connectivity index (χ2n) is 4.98. The molecular formula is C16H17ClN2O2. The molecule has 2 aromatic rings. The molecule has 5 heteroatoms. The van der Waals surface area contributed by atoms with Gasteiger partial charge in [0.05, 0.1) is 4.92 Å². The van der Waals surface area contributed by atoms with E-state index in [0.29, 0.717) is 10.6 Å². The SMILES string of the molecule is CC(N[C@@H](C)c1cccc(Cl)c1)c1ccccc1[N+](=O)[O-]. The molecule has 0 fully saturated rings. The molecule has 0 aliphatic rings. The number of benzene rings is 2. The van der Waals surface area contributed by atoms with Crippen LogP contribution in [0.1, 0.15) is 37.1 Å². The predicted octanol–water partition coefficient (Wildman–Crippen LogP) is 4.66. The fourth-order valence-electron chi connectivity index (χ4n) is 2.36. The average Bonchev–Trinajstić information content (AvgIpc) is 2.47. The number of hydrogen-bond acceptors (Lipinski definition) is 3. The normalized spacial score (nSPS) is 13.7. The molecule has 0 aliphatic heterocycles. The number of nitrogens with zero attached hydrogens (tertiary/aromatic N) is 1. The smallest absolute Gasteiger partial charge is 0.274 e. The van der Waals surface area contributed by atoms with E-state index in [1.807, 2.05) is 44.2 Å². The van der Waals surface area contributed by atoms with E-state index in [1.54, 1.807) is 12.1 Å². The Balaban J connectivity index is 2.18. The van der Waals surface area contributed by atoms with Crippen molar-refractivity contribution in [3.8, 4) is 0 Å². The summed E-state index contributed by atoms with van der Waals surface area (Å²) in [7, 11) is 0. The van der Waals surface area contributed by atoms with Gasteiger partial charge in [-0.3, -0.25) is 10.1 Å². The lowest BCUT2D eigenvalue weighted by atomic mass is 10.0. The van der Waals surface area contributed by atoms with Gasteiger partial charge in [0, 0.05) is 28.7 Å². The third-order valence-electron chi connectivity index (χ3n) is 3.45. The highest BCUT2D eigenvalue weighted by Gasteiger charge is 2.19. The molecule has 2 atom stereocenters. The predicted molar refractivity (Wildman–Crippen MR) is 84.5 cm³/mol. The largest absolute Gasteiger partial charge is 0.303 e. The van der Waals surface area contributed by atoms with Gasteiger partial charge in [-0.05, 0) is 31.5 Å². The number of nitrogens with one attached hydrogen (secondary N) is 1. The van der Waals surface area contributed by atoms with Crippen molar-refractivity contribution in [2.24, 2.45) is 0 Å². The van der Waals surface area contributed by atoms with E-state index in [0.717, 1.165) is 5.56 Å². The Morgan fingerprint density at radius 1 is 1.10 bits per heavy atom. The van der Waals surface area contributed by atoms with Crippen LogP contribution in [0.5, 0.6) is 0 Å². The zero-order valence-corrected chi connectivity index (χ0v) is 12.7. The van der Waals surface area contributed by atoms with E-state index in [2.05, 4.69) is 5.32 Å². The van der Waals surface area contributed by atoms with Gasteiger partial charge in [-0.2, -0.15) is 0 Å². The lowest BCUT2D eigenvalue weighted by molar-refractivity contribution is -0.385. The molecule has 0 heterocycles. The monoisotopic (exact) mass is 304 g/mol. The Hall–Kier alpha value is -1.91. The molecule has 0 spiro atoms. The number of hydrogen-bond donors (Lipinski definition) is 1. The fraction of sp³-hybridized carbons (Fsp3) is 0.250. The summed E-state index contributed by atoms with van der Waals surface area (Å²) >= 11 is 5.99. The van der Waals surface area contributed by atoms with E-state index in [1.165, 1.54) is 6.07 Å². The summed E-state index contributed by atoms with van der Waals surface area (Å²) in [5, 5.41) is 15.1. The standard InChI is InChI=1S/C16H17ClN2O2/c1-11(13-6-5-7-14(17)10-13)18-12(2)15-8-3-4-9-16(15)19(20)21/h3-12,18H,1-2H3/t11-,12?/m0/s1. The number of para-hydroxylation sites is 1. The van der Waals surface area contributed by atoms with Crippen LogP contribution >= 0.6 is 11.6 Å². The first-order chi connectivity index (χ1) is 9.99. The minimum atomic E-state index is -0.350. The van der Waals surface area contributed by atoms with Crippen molar-refractivity contribution in [1.82, 2.24) is 5.32 Å². The number of rotatable bonds is 5. The summed E-state index contributed by atoms with van der Waals surface area (Å²) in [6.07, 6.45) is 0. The zero-order chi connectivity index (χ0) is 15.4. The molecule has 0 bridgehead atoms. The molecule has 2 aromatic carbocycles. The molecule has 0 aromatic heterocycles. The van der Waals surface area contributed by atoms with Gasteiger partial charge in [-0.1, -0.05) is 41.9 Å². The number of halogens is 1. The Bertz CT molecular complexity index is 646. The summed E-state index contributed by atoms with van der Waals surface area (Å²) in [5.74, 6) is 0. The second kappa shape index (κ2) is 6.70. The Labute approximate surface area is 128 Å². The third kappa shape index (κ3) is 3.80. The highest BCUT2D eigenvalue weighted by Crippen LogP contribution is 2.27. The van der Waals surface area contributed by atoms with Gasteiger partial charge in [0.25, 0.3) is 5.69 Å². The van der Waals surface area contributed by atoms with E-state index in [-0.39, 0.29) is 22.7 Å². The number of nitro benzene ring substituents is 1. The third-order valence-corrected chi connectivity index (χ3v) is 3.68. The summed E-state index contributed by atoms with van der Waals surface area (Å²) in [4.78, 5) is 10.7. The lowest BCUT2D eigenvalue weighted by Gasteiger charge is -2.20. The van der Waals surface area contributed by atoms with Crippen molar-refractivity contribution in [2.45, 2.75) is 25.9 Å². The molecule has 1 N–H and O–H groups in total. The molecular weight excluding hydrogens is 288 g/mol. The van der Waals surface area contributed by atoms with Gasteiger partial charge in [0.2, 0.25) is 0 Å². The van der Waals surface area contributed by atoms with Gasteiger partial charge in [-0.15, -0.1) is 0 Å². The molecule has 0 amide bonds. The van der Waals surface area contributed by atoms with Gasteiger partial charge in [0.15, 0.2) is 0 Å². The summed E-state index contributed by atoms with van der Waals surface area (Å²) in [6.45, 7) is 3.93. The van der Waals surface area contributed by atoms with Crippen LogP contribution in [0.4, 0.5) is 5.69 Å². The van der Waals surface area contributed by atoms with Crippen molar-refractivity contribution in [1.29, 1.82) is 0 Å². The highest BCUT2D eigenvalue weighted by molar-refractivity contribution is 6.30. The van der Waals surface area contributed by atoms with E-state index in [4.69, 9.17) is 11.6 Å². The first-order valence-electron chi connectivity index (χ1n) is 6.74. The van der Waals surface area contributed by atoms with Gasteiger partial charge < -0.3 is 5.32 Å². The van der Waals surface area contributed by atoms with Crippen LogP contribution in [0.25, 0.3) is 0 Å². The Morgan fingerprint density at radius 3 is 2.48 bits per heavy atom. The first-order valence-corrected chi connectivity index (χ1v) is 7.11. The molecule has 0 saturated heterocycles. The van der Waals surface area contributed by atoms with Crippen LogP contribution in [-0.2, 0) is 0 Å². The minimum Gasteiger partial charge on any atom is -0.303 e. The Morgan fingerprint density at radius 2 is 1.81 bits per heavy atom. The van der Waals surface area contributed by atoms with Crippen LogP contribution in [0, 0.1) is 10.1 Å². The minimum absolute atomic E-state index is 0.0403. The second-order valence-corrected chi connectivity index (χ2v) is 5.42. The molecule has 2 rings (SSSR count).